The van der Waals surface area contributed by atoms with Crippen LogP contribution in [0.2, 0.25) is 0 Å². The van der Waals surface area contributed by atoms with Crippen LogP contribution in [0.4, 0.5) is 0 Å². The van der Waals surface area contributed by atoms with Crippen molar-refractivity contribution in [2.45, 2.75) is 36.8 Å². The third-order valence-electron chi connectivity index (χ3n) is 3.98. The van der Waals surface area contributed by atoms with E-state index in [-0.39, 0.29) is 23.4 Å². The van der Waals surface area contributed by atoms with Crippen molar-refractivity contribution in [1.82, 2.24) is 14.4 Å². The normalized spacial score (nSPS) is 16.9. The highest BCUT2D eigenvalue weighted by Crippen LogP contribution is 2.38. The van der Waals surface area contributed by atoms with Crippen molar-refractivity contribution in [2.24, 2.45) is 5.73 Å². The lowest BCUT2D eigenvalue weighted by Crippen LogP contribution is -2.44. The first-order chi connectivity index (χ1) is 10.2. The molecule has 2 aromatic heterocycles. The molecule has 0 aromatic carbocycles. The van der Waals surface area contributed by atoms with E-state index in [2.05, 4.69) is 10.1 Å². The minimum absolute atomic E-state index is 0. The molecule has 2 N–H and O–H groups in total. The average molecular weight is 363 g/mol. The van der Waals surface area contributed by atoms with E-state index >= 15 is 0 Å². The Morgan fingerprint density at radius 1 is 1.35 bits per heavy atom. The molecule has 1 aliphatic rings. The van der Waals surface area contributed by atoms with Crippen LogP contribution in [0.5, 0.6) is 0 Å². The number of aromatic nitrogens is 2. The summed E-state index contributed by atoms with van der Waals surface area (Å²) >= 11 is 0. The maximum atomic E-state index is 12.1. The third kappa shape index (κ3) is 2.89. The molecular weight excluding hydrogens is 344 g/mol. The van der Waals surface area contributed by atoms with E-state index in [1.165, 1.54) is 20.2 Å². The standard InChI is InChI=1S/C13H18N4O4S.ClH/c1-8-9(7-10(20-8)22(18,19)17(2)3)11-15-12(16-21-11)13(14)5-4-6-13;/h7H,4-6,14H2,1-3H3;1H. The Balaban J connectivity index is 0.00000192. The van der Waals surface area contributed by atoms with E-state index in [4.69, 9.17) is 14.7 Å². The maximum Gasteiger partial charge on any atom is 0.275 e. The predicted octanol–water partition coefficient (Wildman–Crippen LogP) is 1.65. The summed E-state index contributed by atoms with van der Waals surface area (Å²) in [6, 6.07) is 1.39. The molecule has 1 fully saturated rings. The van der Waals surface area contributed by atoms with Gasteiger partial charge in [0.1, 0.15) is 5.76 Å². The smallest absolute Gasteiger partial charge is 0.275 e. The van der Waals surface area contributed by atoms with Crippen LogP contribution < -0.4 is 5.73 Å². The zero-order valence-electron chi connectivity index (χ0n) is 13.1. The third-order valence-corrected chi connectivity index (χ3v) is 5.65. The highest BCUT2D eigenvalue weighted by atomic mass is 35.5. The molecule has 1 saturated carbocycles. The second-order valence-electron chi connectivity index (χ2n) is 5.76. The van der Waals surface area contributed by atoms with Gasteiger partial charge in [-0.2, -0.15) is 4.98 Å². The SMILES string of the molecule is Cc1oc(S(=O)(=O)N(C)C)cc1-c1nc(C2(N)CCC2)no1.Cl. The molecule has 8 nitrogen and oxygen atoms in total. The van der Waals surface area contributed by atoms with Gasteiger partial charge in [-0.15, -0.1) is 12.4 Å². The lowest BCUT2D eigenvalue weighted by molar-refractivity contribution is 0.229. The number of aryl methyl sites for hydroxylation is 1. The molecule has 0 radical (unpaired) electrons. The number of rotatable bonds is 4. The summed E-state index contributed by atoms with van der Waals surface area (Å²) in [7, 11) is -0.776. The molecule has 0 unspecified atom stereocenters. The van der Waals surface area contributed by atoms with Crippen molar-refractivity contribution in [1.29, 1.82) is 0 Å². The molecule has 0 amide bonds. The van der Waals surface area contributed by atoms with Crippen LogP contribution in [0.3, 0.4) is 0 Å². The van der Waals surface area contributed by atoms with E-state index in [0.29, 0.717) is 17.1 Å². The molecule has 10 heteroatoms. The number of hydrogen-bond acceptors (Lipinski definition) is 7. The van der Waals surface area contributed by atoms with Crippen molar-refractivity contribution >= 4 is 22.4 Å². The Hall–Kier alpha value is -1.42. The number of furan rings is 1. The van der Waals surface area contributed by atoms with Gasteiger partial charge in [-0.25, -0.2) is 12.7 Å². The number of nitrogens with zero attached hydrogens (tertiary/aromatic N) is 3. The molecule has 0 bridgehead atoms. The molecule has 2 heterocycles. The fraction of sp³-hybridized carbons (Fsp3) is 0.538. The monoisotopic (exact) mass is 362 g/mol. The summed E-state index contributed by atoms with van der Waals surface area (Å²) in [4.78, 5) is 4.30. The molecule has 0 aliphatic heterocycles. The summed E-state index contributed by atoms with van der Waals surface area (Å²) < 4.78 is 35.8. The minimum Gasteiger partial charge on any atom is -0.448 e. The number of sulfonamides is 1. The fourth-order valence-electron chi connectivity index (χ4n) is 2.29. The van der Waals surface area contributed by atoms with E-state index in [1.54, 1.807) is 6.92 Å². The van der Waals surface area contributed by atoms with Crippen molar-refractivity contribution < 1.29 is 17.4 Å². The van der Waals surface area contributed by atoms with E-state index < -0.39 is 15.6 Å². The van der Waals surface area contributed by atoms with Crippen molar-refractivity contribution in [3.8, 4) is 11.5 Å². The first-order valence-corrected chi connectivity index (χ1v) is 8.34. The van der Waals surface area contributed by atoms with Crippen LogP contribution in [0.15, 0.2) is 20.1 Å². The highest BCUT2D eigenvalue weighted by molar-refractivity contribution is 7.88. The lowest BCUT2D eigenvalue weighted by Gasteiger charge is -2.34. The zero-order chi connectivity index (χ0) is 16.1. The van der Waals surface area contributed by atoms with E-state index in [9.17, 15) is 8.42 Å². The Bertz CT molecular complexity index is 808. The van der Waals surface area contributed by atoms with Gasteiger partial charge in [-0.3, -0.25) is 0 Å². The summed E-state index contributed by atoms with van der Waals surface area (Å²) in [6.07, 6.45) is 2.67. The summed E-state index contributed by atoms with van der Waals surface area (Å²) in [5.41, 5.74) is 6.09. The average Bonchev–Trinajstić information content (AvgIpc) is 3.02. The minimum atomic E-state index is -3.65. The van der Waals surface area contributed by atoms with Crippen LogP contribution in [0.25, 0.3) is 11.5 Å². The second-order valence-corrected chi connectivity index (χ2v) is 7.84. The van der Waals surface area contributed by atoms with Crippen molar-refractivity contribution in [3.05, 3.63) is 17.7 Å². The Labute approximate surface area is 140 Å². The van der Waals surface area contributed by atoms with Crippen LogP contribution in [-0.4, -0.2) is 37.0 Å². The summed E-state index contributed by atoms with van der Waals surface area (Å²) in [6.45, 7) is 1.65. The molecule has 128 valence electrons. The number of halogens is 1. The molecule has 23 heavy (non-hydrogen) atoms. The number of hydrogen-bond donors (Lipinski definition) is 1. The van der Waals surface area contributed by atoms with Gasteiger partial charge in [0.2, 0.25) is 5.09 Å². The molecule has 0 atom stereocenters. The molecular formula is C13H19ClN4O4S. The molecule has 1 aliphatic carbocycles. The molecule has 2 aromatic rings. The van der Waals surface area contributed by atoms with Gasteiger partial charge in [0.05, 0.1) is 11.1 Å². The van der Waals surface area contributed by atoms with Gasteiger partial charge < -0.3 is 14.7 Å². The predicted molar refractivity (Wildman–Crippen MR) is 84.6 cm³/mol. The van der Waals surface area contributed by atoms with Crippen molar-refractivity contribution in [2.75, 3.05) is 14.1 Å². The van der Waals surface area contributed by atoms with Gasteiger partial charge in [-0.05, 0) is 26.2 Å². The summed E-state index contributed by atoms with van der Waals surface area (Å²) in [5, 5.41) is 3.76. The fourth-order valence-corrected chi connectivity index (χ4v) is 3.15. The Morgan fingerprint density at radius 2 is 2.00 bits per heavy atom. The first-order valence-electron chi connectivity index (χ1n) is 6.90. The first kappa shape index (κ1) is 17.9. The highest BCUT2D eigenvalue weighted by Gasteiger charge is 2.39. The molecule has 0 spiro atoms. The van der Waals surface area contributed by atoms with Gasteiger partial charge in [0.25, 0.3) is 15.9 Å². The van der Waals surface area contributed by atoms with Gasteiger partial charge in [-0.1, -0.05) is 5.16 Å². The van der Waals surface area contributed by atoms with Crippen LogP contribution in [0.1, 0.15) is 30.8 Å². The van der Waals surface area contributed by atoms with Gasteiger partial charge in [0, 0.05) is 20.2 Å². The van der Waals surface area contributed by atoms with Crippen LogP contribution in [-0.2, 0) is 15.6 Å². The largest absolute Gasteiger partial charge is 0.448 e. The Morgan fingerprint density at radius 3 is 2.52 bits per heavy atom. The number of nitrogens with two attached hydrogens (primary N) is 1. The van der Waals surface area contributed by atoms with Gasteiger partial charge >= 0.3 is 0 Å². The maximum absolute atomic E-state index is 12.1. The zero-order valence-corrected chi connectivity index (χ0v) is 14.7. The molecule has 3 rings (SSSR count). The Kier molecular flexibility index (Phi) is 4.60. The topological polar surface area (TPSA) is 115 Å². The van der Waals surface area contributed by atoms with Crippen molar-refractivity contribution in [3.63, 3.8) is 0 Å². The van der Waals surface area contributed by atoms with E-state index in [1.807, 2.05) is 0 Å². The lowest BCUT2D eigenvalue weighted by atomic mass is 9.77. The quantitative estimate of drug-likeness (QED) is 0.878. The van der Waals surface area contributed by atoms with Crippen LogP contribution in [0, 0.1) is 6.92 Å². The summed E-state index contributed by atoms with van der Waals surface area (Å²) in [5.74, 6) is 1.06. The van der Waals surface area contributed by atoms with Gasteiger partial charge in [0.15, 0.2) is 5.82 Å². The molecule has 0 saturated heterocycles. The van der Waals surface area contributed by atoms with Crippen LogP contribution >= 0.6 is 12.4 Å². The second kappa shape index (κ2) is 5.90. The van der Waals surface area contributed by atoms with E-state index in [0.717, 1.165) is 23.6 Å².